The molecule has 0 spiro atoms. The van der Waals surface area contributed by atoms with Crippen LogP contribution in [-0.4, -0.2) is 0 Å². The lowest BCUT2D eigenvalue weighted by Crippen LogP contribution is -2.10. The fourth-order valence-electron chi connectivity index (χ4n) is 3.24. The Morgan fingerprint density at radius 1 is 1.13 bits per heavy atom. The van der Waals surface area contributed by atoms with Gasteiger partial charge >= 0.3 is 0 Å². The first-order valence-electron chi connectivity index (χ1n) is 8.55. The molecule has 0 nitrogen and oxygen atoms in total. The van der Waals surface area contributed by atoms with Gasteiger partial charge in [-0.15, -0.1) is 0 Å². The smallest absolute Gasteiger partial charge is 0.00133 e. The van der Waals surface area contributed by atoms with Gasteiger partial charge in [-0.1, -0.05) is 75.4 Å². The van der Waals surface area contributed by atoms with Crippen LogP contribution in [0.1, 0.15) is 55.9 Å². The van der Waals surface area contributed by atoms with Crippen LogP contribution in [-0.2, 0) is 6.42 Å². The third kappa shape index (κ3) is 3.47. The van der Waals surface area contributed by atoms with E-state index in [1.807, 2.05) is 6.08 Å². The first kappa shape index (κ1) is 17.3. The molecule has 120 valence electrons. The van der Waals surface area contributed by atoms with Crippen molar-refractivity contribution in [2.45, 2.75) is 47.0 Å². The van der Waals surface area contributed by atoms with E-state index in [0.29, 0.717) is 0 Å². The van der Waals surface area contributed by atoms with E-state index in [1.54, 1.807) is 0 Å². The van der Waals surface area contributed by atoms with Gasteiger partial charge in [-0.3, -0.25) is 0 Å². The fourth-order valence-corrected chi connectivity index (χ4v) is 3.24. The molecule has 0 saturated heterocycles. The van der Waals surface area contributed by atoms with Crippen LogP contribution < -0.4 is 0 Å². The third-order valence-corrected chi connectivity index (χ3v) is 4.27. The normalized spacial score (nSPS) is 15.8. The number of fused-ring (bicyclic) bond motifs is 2. The molecule has 0 aromatic heterocycles. The van der Waals surface area contributed by atoms with E-state index in [0.717, 1.165) is 18.4 Å². The van der Waals surface area contributed by atoms with Crippen molar-refractivity contribution in [1.82, 2.24) is 0 Å². The van der Waals surface area contributed by atoms with Gasteiger partial charge in [-0.2, -0.15) is 0 Å². The Bertz CT molecular complexity index is 721. The highest BCUT2D eigenvalue weighted by Gasteiger charge is 2.24. The maximum absolute atomic E-state index is 4.38. The number of allylic oxidation sites excluding steroid dienone is 7. The third-order valence-electron chi connectivity index (χ3n) is 4.27. The Hall–Kier alpha value is -2.08. The van der Waals surface area contributed by atoms with Crippen molar-refractivity contribution in [3.05, 3.63) is 82.5 Å². The molecule has 2 aliphatic rings. The zero-order valence-electron chi connectivity index (χ0n) is 15.0. The number of benzene rings is 1. The lowest BCUT2D eigenvalue weighted by molar-refractivity contribution is 1.09. The van der Waals surface area contributed by atoms with Crippen LogP contribution in [0.25, 0.3) is 11.6 Å². The van der Waals surface area contributed by atoms with Crippen LogP contribution in [0.3, 0.4) is 0 Å². The minimum Gasteiger partial charge on any atom is -0.0984 e. The van der Waals surface area contributed by atoms with Crippen LogP contribution in [0.5, 0.6) is 0 Å². The summed E-state index contributed by atoms with van der Waals surface area (Å²) in [5, 5.41) is 0. The highest BCUT2D eigenvalue weighted by molar-refractivity contribution is 5.91. The molecule has 2 aliphatic carbocycles. The van der Waals surface area contributed by atoms with Crippen LogP contribution in [0.15, 0.2) is 60.2 Å². The number of hydrogen-bond donors (Lipinski definition) is 0. The summed E-state index contributed by atoms with van der Waals surface area (Å²) in [5.74, 6) is 0. The van der Waals surface area contributed by atoms with Crippen molar-refractivity contribution in [2.24, 2.45) is 0 Å². The fraction of sp³-hybridized carbons (Fsp3) is 0.304. The van der Waals surface area contributed by atoms with Crippen LogP contribution in [0.4, 0.5) is 0 Å². The first-order chi connectivity index (χ1) is 11.0. The van der Waals surface area contributed by atoms with Crippen molar-refractivity contribution in [3.8, 4) is 0 Å². The summed E-state index contributed by atoms with van der Waals surface area (Å²) in [6.45, 7) is 16.9. The molecule has 0 unspecified atom stereocenters. The largest absolute Gasteiger partial charge is 0.0984 e. The Labute approximate surface area is 141 Å². The Morgan fingerprint density at radius 3 is 2.48 bits per heavy atom. The van der Waals surface area contributed by atoms with E-state index < -0.39 is 0 Å². The number of hydrogen-bond acceptors (Lipinski definition) is 0. The Balaban J connectivity index is 0.000000595. The SMILES string of the molecule is C=Cc1c(C)ccc2c1C(=C)C1=CCC=C(C)C=C1C2.CCC. The lowest BCUT2D eigenvalue weighted by atomic mass is 9.77. The monoisotopic (exact) mass is 304 g/mol. The van der Waals surface area contributed by atoms with Gasteiger partial charge in [0.05, 0.1) is 0 Å². The summed E-state index contributed by atoms with van der Waals surface area (Å²) in [5.41, 5.74) is 10.4. The van der Waals surface area contributed by atoms with Crippen LogP contribution in [0, 0.1) is 6.92 Å². The van der Waals surface area contributed by atoms with Gasteiger partial charge in [0.2, 0.25) is 0 Å². The summed E-state index contributed by atoms with van der Waals surface area (Å²) >= 11 is 0. The van der Waals surface area contributed by atoms with E-state index in [9.17, 15) is 0 Å². The second kappa shape index (κ2) is 7.46. The van der Waals surface area contributed by atoms with Crippen molar-refractivity contribution in [1.29, 1.82) is 0 Å². The molecule has 0 fully saturated rings. The van der Waals surface area contributed by atoms with Gasteiger partial charge in [-0.25, -0.2) is 0 Å². The van der Waals surface area contributed by atoms with Gasteiger partial charge in [-0.05, 0) is 65.7 Å². The predicted octanol–water partition coefficient (Wildman–Crippen LogP) is 6.83. The van der Waals surface area contributed by atoms with Crippen molar-refractivity contribution in [3.63, 3.8) is 0 Å². The molecule has 1 aromatic rings. The van der Waals surface area contributed by atoms with Gasteiger partial charge in [0.1, 0.15) is 0 Å². The second-order valence-electron chi connectivity index (χ2n) is 6.37. The van der Waals surface area contributed by atoms with E-state index >= 15 is 0 Å². The van der Waals surface area contributed by atoms with Crippen molar-refractivity contribution in [2.75, 3.05) is 0 Å². The van der Waals surface area contributed by atoms with Gasteiger partial charge in [0, 0.05) is 0 Å². The summed E-state index contributed by atoms with van der Waals surface area (Å²) < 4.78 is 0. The minimum atomic E-state index is 0.991. The molecular weight excluding hydrogens is 276 g/mol. The van der Waals surface area contributed by atoms with Crippen LogP contribution >= 0.6 is 0 Å². The molecule has 3 rings (SSSR count). The van der Waals surface area contributed by atoms with Crippen LogP contribution in [0.2, 0.25) is 0 Å². The lowest BCUT2D eigenvalue weighted by Gasteiger charge is -2.26. The topological polar surface area (TPSA) is 0 Å². The van der Waals surface area contributed by atoms with E-state index in [4.69, 9.17) is 0 Å². The summed E-state index contributed by atoms with van der Waals surface area (Å²) in [4.78, 5) is 0. The Kier molecular flexibility index (Phi) is 5.60. The first-order valence-corrected chi connectivity index (χ1v) is 8.55. The predicted molar refractivity (Wildman–Crippen MR) is 105 cm³/mol. The molecule has 1 aromatic carbocycles. The molecule has 0 heterocycles. The summed E-state index contributed by atoms with van der Waals surface area (Å²) in [7, 11) is 0. The summed E-state index contributed by atoms with van der Waals surface area (Å²) in [6.07, 6.45) is 12.1. The molecule has 0 N–H and O–H groups in total. The quantitative estimate of drug-likeness (QED) is 0.533. The summed E-state index contributed by atoms with van der Waals surface area (Å²) in [6, 6.07) is 4.43. The van der Waals surface area contributed by atoms with Crippen molar-refractivity contribution >= 4 is 11.6 Å². The molecule has 0 radical (unpaired) electrons. The molecule has 0 amide bonds. The minimum absolute atomic E-state index is 0.991. The zero-order chi connectivity index (χ0) is 17.0. The number of rotatable bonds is 1. The van der Waals surface area contributed by atoms with Gasteiger partial charge in [0.25, 0.3) is 0 Å². The molecule has 23 heavy (non-hydrogen) atoms. The molecular formula is C23H28. The highest BCUT2D eigenvalue weighted by Crippen LogP contribution is 2.41. The molecule has 0 atom stereocenters. The number of aryl methyl sites for hydroxylation is 1. The van der Waals surface area contributed by atoms with Crippen molar-refractivity contribution < 1.29 is 0 Å². The van der Waals surface area contributed by atoms with E-state index in [-0.39, 0.29) is 0 Å². The average Bonchev–Trinajstić information content (AvgIpc) is 2.70. The molecule has 0 aliphatic heterocycles. The maximum atomic E-state index is 4.38. The average molecular weight is 304 g/mol. The zero-order valence-corrected chi connectivity index (χ0v) is 15.0. The van der Waals surface area contributed by atoms with Gasteiger partial charge in [0.15, 0.2) is 0 Å². The second-order valence-corrected chi connectivity index (χ2v) is 6.37. The standard InChI is InChI=1S/C20H20.C3H8/c1-5-18-14(3)9-10-16-12-17-11-13(2)7-6-8-19(17)15(4)20(16)18;1-3-2/h5,7-11H,1,4,6,12H2,2-3H3;3H2,1-2H3. The Morgan fingerprint density at radius 2 is 1.83 bits per heavy atom. The molecule has 0 heteroatoms. The maximum Gasteiger partial charge on any atom is -0.00133 e. The van der Waals surface area contributed by atoms with Gasteiger partial charge < -0.3 is 0 Å². The highest BCUT2D eigenvalue weighted by atomic mass is 14.3. The van der Waals surface area contributed by atoms with E-state index in [2.05, 4.69) is 71.2 Å². The van der Waals surface area contributed by atoms with E-state index in [1.165, 1.54) is 45.4 Å². The molecule has 0 bridgehead atoms. The molecule has 0 saturated carbocycles.